The largest absolute Gasteiger partial charge is 0.239 e. The van der Waals surface area contributed by atoms with Crippen molar-refractivity contribution in [3.8, 4) is 0 Å². The first-order chi connectivity index (χ1) is 7.11. The minimum Gasteiger partial charge on any atom is -0.226 e. The molecule has 0 saturated carbocycles. The lowest BCUT2D eigenvalue weighted by Gasteiger charge is -2.24. The Balaban J connectivity index is 3.66. The normalized spacial score (nSPS) is 13.7. The Morgan fingerprint density at radius 2 is 1.31 bits per heavy atom. The molecule has 0 N–H and O–H groups in total. The maximum atomic E-state index is 11.6. The summed E-state index contributed by atoms with van der Waals surface area (Å²) >= 11 is 3.89. The van der Waals surface area contributed by atoms with Crippen molar-refractivity contribution in [3.05, 3.63) is 35.9 Å². The quantitative estimate of drug-likeness (QED) is 0.832. The summed E-state index contributed by atoms with van der Waals surface area (Å²) in [6, 6.07) is 7.65. The van der Waals surface area contributed by atoms with Crippen molar-refractivity contribution in [1.29, 1.82) is 0 Å². The smallest absolute Gasteiger partial charge is 0.226 e. The van der Waals surface area contributed by atoms with E-state index >= 15 is 0 Å². The number of hydrogen-bond acceptors (Lipinski definition) is 5. The number of sulfone groups is 2. The van der Waals surface area contributed by atoms with Gasteiger partial charge in [0, 0.05) is 12.5 Å². The van der Waals surface area contributed by atoms with Gasteiger partial charge >= 0.3 is 0 Å². The molecule has 0 saturated heterocycles. The summed E-state index contributed by atoms with van der Waals surface area (Å²) in [5, 5.41) is 0. The number of thiol groups is 1. The van der Waals surface area contributed by atoms with Crippen LogP contribution in [0.1, 0.15) is 5.56 Å². The van der Waals surface area contributed by atoms with Crippen LogP contribution in [0.4, 0.5) is 0 Å². The van der Waals surface area contributed by atoms with Gasteiger partial charge in [0.1, 0.15) is 0 Å². The lowest BCUT2D eigenvalue weighted by Crippen LogP contribution is -2.37. The highest BCUT2D eigenvalue weighted by Crippen LogP contribution is 2.38. The Hall–Kier alpha value is -0.530. The van der Waals surface area contributed by atoms with E-state index in [0.29, 0.717) is 0 Å². The van der Waals surface area contributed by atoms with Gasteiger partial charge in [-0.2, -0.15) is 0 Å². The first kappa shape index (κ1) is 13.5. The van der Waals surface area contributed by atoms with E-state index in [4.69, 9.17) is 0 Å². The van der Waals surface area contributed by atoms with Crippen LogP contribution < -0.4 is 0 Å². The van der Waals surface area contributed by atoms with Gasteiger partial charge in [-0.05, 0) is 5.56 Å². The highest BCUT2D eigenvalue weighted by molar-refractivity contribution is 8.21. The second kappa shape index (κ2) is 4.05. The van der Waals surface area contributed by atoms with E-state index in [2.05, 4.69) is 12.6 Å². The van der Waals surface area contributed by atoms with Crippen molar-refractivity contribution in [3.63, 3.8) is 0 Å². The Morgan fingerprint density at radius 3 is 1.62 bits per heavy atom. The van der Waals surface area contributed by atoms with Gasteiger partial charge in [0.2, 0.25) is 3.41 Å². The molecule has 4 nitrogen and oxygen atoms in total. The van der Waals surface area contributed by atoms with Crippen molar-refractivity contribution in [2.45, 2.75) is 3.41 Å². The van der Waals surface area contributed by atoms with E-state index < -0.39 is 23.1 Å². The van der Waals surface area contributed by atoms with Crippen LogP contribution >= 0.6 is 12.6 Å². The lowest BCUT2D eigenvalue weighted by molar-refractivity contribution is 0.578. The zero-order valence-electron chi connectivity index (χ0n) is 8.78. The molecule has 0 spiro atoms. The zero-order valence-corrected chi connectivity index (χ0v) is 11.3. The van der Waals surface area contributed by atoms with Crippen LogP contribution in [-0.2, 0) is 23.1 Å². The highest BCUT2D eigenvalue weighted by atomic mass is 32.3. The molecule has 0 aliphatic heterocycles. The molecule has 90 valence electrons. The molecule has 0 atom stereocenters. The summed E-state index contributed by atoms with van der Waals surface area (Å²) in [6.07, 6.45) is 1.71. The van der Waals surface area contributed by atoms with Crippen LogP contribution in [0, 0.1) is 0 Å². The summed E-state index contributed by atoms with van der Waals surface area (Å²) in [5.41, 5.74) is 0.128. The molecule has 0 fully saturated rings. The van der Waals surface area contributed by atoms with Crippen molar-refractivity contribution in [1.82, 2.24) is 0 Å². The van der Waals surface area contributed by atoms with Gasteiger partial charge in [0.05, 0.1) is 0 Å². The Morgan fingerprint density at radius 1 is 0.938 bits per heavy atom. The first-order valence-corrected chi connectivity index (χ1v) is 8.51. The molecule has 1 aromatic rings. The van der Waals surface area contributed by atoms with Crippen molar-refractivity contribution >= 4 is 32.3 Å². The van der Waals surface area contributed by atoms with Crippen LogP contribution in [0.25, 0.3) is 0 Å². The number of benzene rings is 1. The van der Waals surface area contributed by atoms with E-state index in [1.165, 1.54) is 12.1 Å². The molecule has 0 unspecified atom stereocenters. The van der Waals surface area contributed by atoms with E-state index in [0.717, 1.165) is 12.5 Å². The minimum absolute atomic E-state index is 0.128. The monoisotopic (exact) mass is 280 g/mol. The summed E-state index contributed by atoms with van der Waals surface area (Å²) < 4.78 is 44.4. The summed E-state index contributed by atoms with van der Waals surface area (Å²) in [5.74, 6) is 0. The van der Waals surface area contributed by atoms with E-state index in [1.54, 1.807) is 18.2 Å². The molecule has 1 aromatic carbocycles. The van der Waals surface area contributed by atoms with Gasteiger partial charge in [-0.3, -0.25) is 0 Å². The van der Waals surface area contributed by atoms with E-state index in [1.807, 2.05) is 0 Å². The van der Waals surface area contributed by atoms with Crippen molar-refractivity contribution in [2.24, 2.45) is 0 Å². The molecular weight excluding hydrogens is 268 g/mol. The van der Waals surface area contributed by atoms with Crippen LogP contribution in [0.5, 0.6) is 0 Å². The van der Waals surface area contributed by atoms with Gasteiger partial charge in [-0.1, -0.05) is 30.3 Å². The molecule has 0 aliphatic carbocycles. The molecule has 0 bridgehead atoms. The zero-order chi connectivity index (χ0) is 12.6. The fourth-order valence-corrected chi connectivity index (χ4v) is 4.83. The Labute approximate surface area is 101 Å². The molecule has 16 heavy (non-hydrogen) atoms. The standard InChI is InChI=1S/C9H12O4S3/c1-15(10,11)9(14,16(2,12)13)8-6-4-3-5-7-8/h3-7,14H,1-2H3. The third-order valence-corrected chi connectivity index (χ3v) is 8.69. The fraction of sp³-hybridized carbons (Fsp3) is 0.333. The third kappa shape index (κ3) is 2.11. The summed E-state index contributed by atoms with van der Waals surface area (Å²) in [7, 11) is -7.80. The predicted molar refractivity (Wildman–Crippen MR) is 66.8 cm³/mol. The summed E-state index contributed by atoms with van der Waals surface area (Å²) in [4.78, 5) is 0. The van der Waals surface area contributed by atoms with E-state index in [-0.39, 0.29) is 5.56 Å². The molecule has 0 amide bonds. The van der Waals surface area contributed by atoms with Crippen LogP contribution in [0.3, 0.4) is 0 Å². The molecular formula is C9H12O4S3. The second-order valence-electron chi connectivity index (χ2n) is 3.49. The molecule has 0 aromatic heterocycles. The van der Waals surface area contributed by atoms with Crippen LogP contribution in [-0.4, -0.2) is 29.3 Å². The Bertz CT molecular complexity index is 540. The maximum absolute atomic E-state index is 11.6. The fourth-order valence-electron chi connectivity index (χ4n) is 1.35. The molecule has 0 heterocycles. The van der Waals surface area contributed by atoms with Gasteiger partial charge in [0.15, 0.2) is 19.7 Å². The van der Waals surface area contributed by atoms with Gasteiger partial charge in [0.25, 0.3) is 0 Å². The number of hydrogen-bond donors (Lipinski definition) is 1. The van der Waals surface area contributed by atoms with Gasteiger partial charge < -0.3 is 0 Å². The lowest BCUT2D eigenvalue weighted by atomic mass is 10.2. The molecule has 0 aliphatic rings. The van der Waals surface area contributed by atoms with Crippen LogP contribution in [0.2, 0.25) is 0 Å². The molecule has 0 radical (unpaired) electrons. The average Bonchev–Trinajstić information content (AvgIpc) is 2.14. The Kier molecular flexibility index (Phi) is 3.42. The van der Waals surface area contributed by atoms with Crippen molar-refractivity contribution < 1.29 is 16.8 Å². The third-order valence-electron chi connectivity index (χ3n) is 2.14. The first-order valence-electron chi connectivity index (χ1n) is 4.28. The molecule has 7 heteroatoms. The topological polar surface area (TPSA) is 68.3 Å². The van der Waals surface area contributed by atoms with Gasteiger partial charge in [-0.15, -0.1) is 12.6 Å². The predicted octanol–water partition coefficient (Wildman–Crippen LogP) is 0.816. The SMILES string of the molecule is CS(=O)(=O)C(S)(c1ccccc1)S(C)(=O)=O. The summed E-state index contributed by atoms with van der Waals surface area (Å²) in [6.45, 7) is 0. The number of rotatable bonds is 3. The molecule has 1 rings (SSSR count). The van der Waals surface area contributed by atoms with Gasteiger partial charge in [-0.25, -0.2) is 16.8 Å². The highest BCUT2D eigenvalue weighted by Gasteiger charge is 2.48. The van der Waals surface area contributed by atoms with E-state index in [9.17, 15) is 16.8 Å². The van der Waals surface area contributed by atoms with Crippen LogP contribution in [0.15, 0.2) is 30.3 Å². The maximum Gasteiger partial charge on any atom is 0.239 e. The van der Waals surface area contributed by atoms with Crippen molar-refractivity contribution in [2.75, 3.05) is 12.5 Å². The minimum atomic E-state index is -3.90. The second-order valence-corrected chi connectivity index (χ2v) is 9.34. The average molecular weight is 280 g/mol.